The van der Waals surface area contributed by atoms with Gasteiger partial charge < -0.3 is 15.0 Å². The summed E-state index contributed by atoms with van der Waals surface area (Å²) in [6.07, 6.45) is 4.02. The predicted molar refractivity (Wildman–Crippen MR) is 95.5 cm³/mol. The third-order valence-electron chi connectivity index (χ3n) is 4.87. The number of piperidine rings is 1. The highest BCUT2D eigenvalue weighted by molar-refractivity contribution is 7.15. The highest BCUT2D eigenvalue weighted by atomic mass is 32.1. The molecule has 24 heavy (non-hydrogen) atoms. The molecule has 0 radical (unpaired) electrons. The van der Waals surface area contributed by atoms with Crippen LogP contribution in [-0.2, 0) is 9.53 Å². The molecule has 0 bridgehead atoms. The lowest BCUT2D eigenvalue weighted by Gasteiger charge is -2.32. The standard InChI is InChI=1S/C17H28N4O2S/c1-12(2)16-19-20-17(24-16)21-7-3-4-13(11-21)10-18-15(22)14-5-8-23-9-6-14/h12-14H,3-11H2,1-2H3,(H,18,22). The van der Waals surface area contributed by atoms with E-state index in [9.17, 15) is 4.79 Å². The van der Waals surface area contributed by atoms with E-state index in [0.29, 0.717) is 25.0 Å². The minimum absolute atomic E-state index is 0.134. The van der Waals surface area contributed by atoms with Crippen molar-refractivity contribution in [3.63, 3.8) is 0 Å². The van der Waals surface area contributed by atoms with Crippen molar-refractivity contribution in [3.8, 4) is 0 Å². The van der Waals surface area contributed by atoms with E-state index in [4.69, 9.17) is 4.74 Å². The molecular formula is C17H28N4O2S. The van der Waals surface area contributed by atoms with Gasteiger partial charge in [-0.2, -0.15) is 0 Å². The van der Waals surface area contributed by atoms with E-state index in [2.05, 4.69) is 34.3 Å². The Morgan fingerprint density at radius 1 is 1.33 bits per heavy atom. The van der Waals surface area contributed by atoms with E-state index in [1.54, 1.807) is 11.3 Å². The van der Waals surface area contributed by atoms with Crippen molar-refractivity contribution in [2.45, 2.75) is 45.4 Å². The fourth-order valence-corrected chi connectivity index (χ4v) is 4.22. The van der Waals surface area contributed by atoms with E-state index in [0.717, 1.165) is 49.0 Å². The Bertz CT molecular complexity index is 542. The van der Waals surface area contributed by atoms with Gasteiger partial charge in [-0.15, -0.1) is 10.2 Å². The predicted octanol–water partition coefficient (Wildman–Crippen LogP) is 2.42. The average Bonchev–Trinajstić information content (AvgIpc) is 3.11. The van der Waals surface area contributed by atoms with Gasteiger partial charge in [0.15, 0.2) is 0 Å². The zero-order valence-electron chi connectivity index (χ0n) is 14.7. The molecule has 0 aliphatic carbocycles. The number of nitrogens with zero attached hydrogens (tertiary/aromatic N) is 3. The van der Waals surface area contributed by atoms with Crippen LogP contribution < -0.4 is 10.2 Å². The number of hydrogen-bond acceptors (Lipinski definition) is 6. The Hall–Kier alpha value is -1.21. The maximum atomic E-state index is 12.3. The van der Waals surface area contributed by atoms with Gasteiger partial charge in [-0.1, -0.05) is 25.2 Å². The van der Waals surface area contributed by atoms with Gasteiger partial charge in [0.05, 0.1) is 0 Å². The smallest absolute Gasteiger partial charge is 0.223 e. The van der Waals surface area contributed by atoms with Gasteiger partial charge >= 0.3 is 0 Å². The highest BCUT2D eigenvalue weighted by Gasteiger charge is 2.25. The Morgan fingerprint density at radius 2 is 2.12 bits per heavy atom. The molecule has 1 aromatic heterocycles. The summed E-state index contributed by atoms with van der Waals surface area (Å²) in [7, 11) is 0. The van der Waals surface area contributed by atoms with Gasteiger partial charge in [-0.25, -0.2) is 0 Å². The molecule has 1 atom stereocenters. The molecule has 0 saturated carbocycles. The lowest BCUT2D eigenvalue weighted by molar-refractivity contribution is -0.128. The summed E-state index contributed by atoms with van der Waals surface area (Å²) in [6, 6.07) is 0. The quantitative estimate of drug-likeness (QED) is 0.881. The van der Waals surface area contributed by atoms with Crippen molar-refractivity contribution in [3.05, 3.63) is 5.01 Å². The Labute approximate surface area is 148 Å². The summed E-state index contributed by atoms with van der Waals surface area (Å²) in [6.45, 7) is 8.49. The summed E-state index contributed by atoms with van der Waals surface area (Å²) in [5.74, 6) is 1.26. The van der Waals surface area contributed by atoms with Crippen molar-refractivity contribution < 1.29 is 9.53 Å². The first kappa shape index (κ1) is 17.6. The number of anilines is 1. The molecule has 7 heteroatoms. The summed E-state index contributed by atoms with van der Waals surface area (Å²) in [5, 5.41) is 13.9. The van der Waals surface area contributed by atoms with E-state index < -0.39 is 0 Å². The van der Waals surface area contributed by atoms with Crippen molar-refractivity contribution in [1.29, 1.82) is 0 Å². The van der Waals surface area contributed by atoms with Crippen LogP contribution in [0.1, 0.15) is 50.5 Å². The monoisotopic (exact) mass is 352 g/mol. The highest BCUT2D eigenvalue weighted by Crippen LogP contribution is 2.29. The number of rotatable bonds is 5. The SMILES string of the molecule is CC(C)c1nnc(N2CCCC(CNC(=O)C3CCOCC3)C2)s1. The first-order chi connectivity index (χ1) is 11.6. The minimum atomic E-state index is 0.134. The molecule has 2 aliphatic rings. The fourth-order valence-electron chi connectivity index (χ4n) is 3.34. The van der Waals surface area contributed by atoms with E-state index in [-0.39, 0.29) is 11.8 Å². The number of nitrogens with one attached hydrogen (secondary N) is 1. The summed E-state index contributed by atoms with van der Waals surface area (Å²) in [5.41, 5.74) is 0. The fraction of sp³-hybridized carbons (Fsp3) is 0.824. The van der Waals surface area contributed by atoms with Crippen molar-refractivity contribution >= 4 is 22.4 Å². The maximum absolute atomic E-state index is 12.3. The van der Waals surface area contributed by atoms with Gasteiger partial charge in [-0.05, 0) is 31.6 Å². The van der Waals surface area contributed by atoms with Crippen LogP contribution in [0.4, 0.5) is 5.13 Å². The molecule has 3 heterocycles. The average molecular weight is 353 g/mol. The molecule has 3 rings (SSSR count). The number of carbonyl (C=O) groups excluding carboxylic acids is 1. The molecule has 1 unspecified atom stereocenters. The topological polar surface area (TPSA) is 67.4 Å². The zero-order valence-corrected chi connectivity index (χ0v) is 15.5. The Morgan fingerprint density at radius 3 is 2.83 bits per heavy atom. The second-order valence-corrected chi connectivity index (χ2v) is 8.15. The molecule has 2 fully saturated rings. The van der Waals surface area contributed by atoms with Crippen LogP contribution in [0.25, 0.3) is 0 Å². The molecule has 0 aromatic carbocycles. The Balaban J connectivity index is 1.48. The van der Waals surface area contributed by atoms with Crippen LogP contribution in [0.15, 0.2) is 0 Å². The second-order valence-electron chi connectivity index (χ2n) is 7.16. The van der Waals surface area contributed by atoms with Crippen LogP contribution >= 0.6 is 11.3 Å². The van der Waals surface area contributed by atoms with Crippen molar-refractivity contribution in [2.75, 3.05) is 37.7 Å². The summed E-state index contributed by atoms with van der Waals surface area (Å²) in [4.78, 5) is 14.6. The number of ether oxygens (including phenoxy) is 1. The summed E-state index contributed by atoms with van der Waals surface area (Å²) < 4.78 is 5.33. The maximum Gasteiger partial charge on any atom is 0.223 e. The van der Waals surface area contributed by atoms with Crippen molar-refractivity contribution in [2.24, 2.45) is 11.8 Å². The van der Waals surface area contributed by atoms with Gasteiger partial charge in [0, 0.05) is 44.7 Å². The number of aromatic nitrogens is 2. The van der Waals surface area contributed by atoms with E-state index in [1.807, 2.05) is 0 Å². The first-order valence-corrected chi connectivity index (χ1v) is 9.89. The molecule has 2 aliphatic heterocycles. The third-order valence-corrected chi connectivity index (χ3v) is 6.16. The minimum Gasteiger partial charge on any atom is -0.381 e. The van der Waals surface area contributed by atoms with E-state index in [1.165, 1.54) is 6.42 Å². The molecule has 1 amide bonds. The van der Waals surface area contributed by atoms with Gasteiger partial charge in [-0.3, -0.25) is 4.79 Å². The molecule has 1 N–H and O–H groups in total. The molecule has 6 nitrogen and oxygen atoms in total. The van der Waals surface area contributed by atoms with Crippen LogP contribution in [-0.4, -0.2) is 49.0 Å². The zero-order chi connectivity index (χ0) is 16.9. The van der Waals surface area contributed by atoms with Crippen LogP contribution in [0, 0.1) is 11.8 Å². The lowest BCUT2D eigenvalue weighted by Crippen LogP contribution is -2.43. The molecular weight excluding hydrogens is 324 g/mol. The van der Waals surface area contributed by atoms with Crippen LogP contribution in [0.3, 0.4) is 0 Å². The number of hydrogen-bond donors (Lipinski definition) is 1. The molecule has 2 saturated heterocycles. The molecule has 1 aromatic rings. The van der Waals surface area contributed by atoms with Gasteiger partial charge in [0.2, 0.25) is 11.0 Å². The van der Waals surface area contributed by atoms with Crippen LogP contribution in [0.5, 0.6) is 0 Å². The molecule has 134 valence electrons. The Kier molecular flexibility index (Phi) is 6.05. The first-order valence-electron chi connectivity index (χ1n) is 9.07. The second kappa shape index (κ2) is 8.25. The van der Waals surface area contributed by atoms with Crippen molar-refractivity contribution in [1.82, 2.24) is 15.5 Å². The normalized spacial score (nSPS) is 22.8. The number of amides is 1. The van der Waals surface area contributed by atoms with Gasteiger partial charge in [0.25, 0.3) is 0 Å². The largest absolute Gasteiger partial charge is 0.381 e. The van der Waals surface area contributed by atoms with E-state index >= 15 is 0 Å². The van der Waals surface area contributed by atoms with Crippen LogP contribution in [0.2, 0.25) is 0 Å². The number of carbonyl (C=O) groups is 1. The summed E-state index contributed by atoms with van der Waals surface area (Å²) >= 11 is 1.70. The third kappa shape index (κ3) is 4.45. The van der Waals surface area contributed by atoms with Gasteiger partial charge in [0.1, 0.15) is 5.01 Å². The molecule has 0 spiro atoms. The lowest BCUT2D eigenvalue weighted by atomic mass is 9.96.